The molecule has 1 N–H and O–H groups in total. The van der Waals surface area contributed by atoms with E-state index in [0.29, 0.717) is 32.5 Å². The molecule has 3 aromatic carbocycles. The molecule has 0 bridgehead atoms. The monoisotopic (exact) mass is 623 g/mol. The summed E-state index contributed by atoms with van der Waals surface area (Å²) in [6, 6.07) is 26.8. The molecule has 9 nitrogen and oxygen atoms in total. The molecule has 1 fully saturated rings. The van der Waals surface area contributed by atoms with Crippen LogP contribution < -0.4 is 5.32 Å². The van der Waals surface area contributed by atoms with Crippen LogP contribution >= 0.6 is 0 Å². The predicted molar refractivity (Wildman–Crippen MR) is 173 cm³/mol. The molecular weight excluding hydrogens is 582 g/mol. The van der Waals surface area contributed by atoms with Crippen LogP contribution in [0.15, 0.2) is 103 Å². The highest BCUT2D eigenvalue weighted by Crippen LogP contribution is 2.22. The number of nitrogens with zero attached hydrogens (tertiary/aromatic N) is 2. The van der Waals surface area contributed by atoms with Crippen LogP contribution in [0.2, 0.25) is 0 Å². The maximum atomic E-state index is 13.7. The van der Waals surface area contributed by atoms with Crippen molar-refractivity contribution in [1.82, 2.24) is 15.1 Å². The summed E-state index contributed by atoms with van der Waals surface area (Å²) in [6.45, 7) is 1.75. The number of benzene rings is 3. The lowest BCUT2D eigenvalue weighted by Crippen LogP contribution is -2.53. The number of nitrogens with one attached hydrogen (secondary N) is 1. The third-order valence-electron chi connectivity index (χ3n) is 8.34. The highest BCUT2D eigenvalue weighted by atomic mass is 16.5. The molecule has 2 aliphatic rings. The lowest BCUT2D eigenvalue weighted by atomic mass is 9.95. The van der Waals surface area contributed by atoms with Gasteiger partial charge in [-0.05, 0) is 42.4 Å². The standard InChI is InChI=1S/C37H41N3O6/c41-34-25-39(24-28-13-4-1-5-14-28)21-11-10-19-31(36(43)45-26-29-15-6-2-7-16-29)23-32(38-35(42)33-20-12-22-40(33)34)37(44)46-27-30-17-8-3-9-18-30/h1-11,13-18,31-33H,12,19-27H2,(H,38,42)/b11-10+/t31-,32+,33+/m1/s1. The van der Waals surface area contributed by atoms with Crippen molar-refractivity contribution in [2.45, 2.75) is 57.5 Å². The number of fused-ring (bicyclic) bond motifs is 1. The van der Waals surface area contributed by atoms with Gasteiger partial charge in [-0.25, -0.2) is 4.79 Å². The minimum Gasteiger partial charge on any atom is -0.461 e. The molecule has 0 radical (unpaired) electrons. The van der Waals surface area contributed by atoms with Gasteiger partial charge < -0.3 is 19.7 Å². The van der Waals surface area contributed by atoms with E-state index in [-0.39, 0.29) is 38.5 Å². The summed E-state index contributed by atoms with van der Waals surface area (Å²) >= 11 is 0. The maximum absolute atomic E-state index is 13.7. The summed E-state index contributed by atoms with van der Waals surface area (Å²) in [7, 11) is 0. The zero-order chi connectivity index (χ0) is 32.1. The highest BCUT2D eigenvalue weighted by molar-refractivity contribution is 5.92. The van der Waals surface area contributed by atoms with Crippen molar-refractivity contribution in [3.8, 4) is 0 Å². The van der Waals surface area contributed by atoms with Gasteiger partial charge in [0.1, 0.15) is 25.3 Å². The van der Waals surface area contributed by atoms with Crippen molar-refractivity contribution >= 4 is 23.8 Å². The lowest BCUT2D eigenvalue weighted by Gasteiger charge is -2.30. The quantitative estimate of drug-likeness (QED) is 0.293. The molecule has 9 heteroatoms. The van der Waals surface area contributed by atoms with E-state index < -0.39 is 35.8 Å². The molecule has 1 saturated heterocycles. The van der Waals surface area contributed by atoms with Gasteiger partial charge in [0.15, 0.2) is 0 Å². The van der Waals surface area contributed by atoms with Crippen molar-refractivity contribution in [1.29, 1.82) is 0 Å². The van der Waals surface area contributed by atoms with Crippen LogP contribution in [0.5, 0.6) is 0 Å². The average molecular weight is 624 g/mol. The minimum atomic E-state index is -1.10. The molecule has 2 amide bonds. The fourth-order valence-corrected chi connectivity index (χ4v) is 5.86. The van der Waals surface area contributed by atoms with E-state index in [4.69, 9.17) is 9.47 Å². The summed E-state index contributed by atoms with van der Waals surface area (Å²) < 4.78 is 11.3. The Bertz CT molecular complexity index is 1480. The molecule has 0 unspecified atom stereocenters. The van der Waals surface area contributed by atoms with E-state index in [9.17, 15) is 19.2 Å². The van der Waals surface area contributed by atoms with Gasteiger partial charge in [0, 0.05) is 19.6 Å². The van der Waals surface area contributed by atoms with E-state index in [0.717, 1.165) is 16.7 Å². The van der Waals surface area contributed by atoms with Crippen LogP contribution in [0.25, 0.3) is 0 Å². The molecule has 5 rings (SSSR count). The van der Waals surface area contributed by atoms with Gasteiger partial charge in [-0.1, -0.05) is 103 Å². The number of hydrogen-bond donors (Lipinski definition) is 1. The zero-order valence-electron chi connectivity index (χ0n) is 26.0. The Morgan fingerprint density at radius 3 is 1.98 bits per heavy atom. The van der Waals surface area contributed by atoms with E-state index in [1.54, 1.807) is 4.90 Å². The molecule has 3 aromatic rings. The zero-order valence-corrected chi connectivity index (χ0v) is 26.0. The van der Waals surface area contributed by atoms with Gasteiger partial charge in [0.05, 0.1) is 12.5 Å². The topological polar surface area (TPSA) is 105 Å². The number of carbonyl (C=O) groups is 4. The first kappa shape index (κ1) is 32.6. The molecule has 0 aliphatic carbocycles. The van der Waals surface area contributed by atoms with Gasteiger partial charge in [0.25, 0.3) is 0 Å². The molecule has 0 spiro atoms. The Kier molecular flexibility index (Phi) is 11.7. The van der Waals surface area contributed by atoms with Gasteiger partial charge in [-0.2, -0.15) is 0 Å². The Labute approximate surface area is 270 Å². The molecule has 0 saturated carbocycles. The normalized spacial score (nSPS) is 21.8. The first-order valence-corrected chi connectivity index (χ1v) is 15.9. The summed E-state index contributed by atoms with van der Waals surface area (Å²) in [5.41, 5.74) is 2.72. The fraction of sp³-hybridized carbons (Fsp3) is 0.351. The molecule has 46 heavy (non-hydrogen) atoms. The first-order valence-electron chi connectivity index (χ1n) is 15.9. The molecule has 2 heterocycles. The number of rotatable bonds is 8. The molecule has 3 atom stereocenters. The van der Waals surface area contributed by atoms with Crippen molar-refractivity contribution in [2.24, 2.45) is 5.92 Å². The summed E-state index contributed by atoms with van der Waals surface area (Å²) in [5.74, 6) is -2.38. The molecule has 240 valence electrons. The maximum Gasteiger partial charge on any atom is 0.328 e. The van der Waals surface area contributed by atoms with Crippen molar-refractivity contribution < 1.29 is 28.7 Å². The summed E-state index contributed by atoms with van der Waals surface area (Å²) in [5, 5.41) is 2.86. The van der Waals surface area contributed by atoms with Crippen molar-refractivity contribution in [3.63, 3.8) is 0 Å². The van der Waals surface area contributed by atoms with Gasteiger partial charge >= 0.3 is 11.9 Å². The van der Waals surface area contributed by atoms with E-state index in [1.165, 1.54) is 0 Å². The SMILES string of the molecule is O=C(OCc1ccccc1)[C@@H]1C/C=C/CN(Cc2ccccc2)CC(=O)N2CCC[C@H]2C(=O)N[C@H](C(=O)OCc2ccccc2)C1. The Hall–Kier alpha value is -4.76. The van der Waals surface area contributed by atoms with Crippen LogP contribution in [-0.4, -0.2) is 65.3 Å². The molecule has 0 aromatic heterocycles. The molecule has 2 aliphatic heterocycles. The number of ether oxygens (including phenoxy) is 2. The number of esters is 2. The number of hydrogen-bond acceptors (Lipinski definition) is 7. The second-order valence-corrected chi connectivity index (χ2v) is 11.8. The van der Waals surface area contributed by atoms with Gasteiger partial charge in [-0.3, -0.25) is 19.3 Å². The second-order valence-electron chi connectivity index (χ2n) is 11.8. The van der Waals surface area contributed by atoms with Crippen molar-refractivity contribution in [2.75, 3.05) is 19.6 Å². The predicted octanol–water partition coefficient (Wildman–Crippen LogP) is 4.42. The minimum absolute atomic E-state index is 0.00821. The lowest BCUT2D eigenvalue weighted by molar-refractivity contribution is -0.154. The number of allylic oxidation sites excluding steroid dienone is 1. The molecular formula is C37H41N3O6. The summed E-state index contributed by atoms with van der Waals surface area (Å²) in [4.78, 5) is 57.9. The number of amides is 2. The van der Waals surface area contributed by atoms with Crippen LogP contribution in [0.4, 0.5) is 0 Å². The Morgan fingerprint density at radius 2 is 1.35 bits per heavy atom. The first-order chi connectivity index (χ1) is 22.5. The van der Waals surface area contributed by atoms with Gasteiger partial charge in [-0.15, -0.1) is 0 Å². The van der Waals surface area contributed by atoms with Gasteiger partial charge in [0.2, 0.25) is 11.8 Å². The van der Waals surface area contributed by atoms with Crippen LogP contribution in [0.1, 0.15) is 42.4 Å². The van der Waals surface area contributed by atoms with E-state index in [1.807, 2.05) is 108 Å². The second kappa shape index (κ2) is 16.5. The number of carbonyl (C=O) groups excluding carboxylic acids is 4. The Balaban J connectivity index is 1.38. The third kappa shape index (κ3) is 9.37. The Morgan fingerprint density at radius 1 is 0.761 bits per heavy atom. The summed E-state index contributed by atoms with van der Waals surface area (Å²) in [6.07, 6.45) is 5.28. The van der Waals surface area contributed by atoms with E-state index in [2.05, 4.69) is 5.32 Å². The van der Waals surface area contributed by atoms with Crippen LogP contribution in [0.3, 0.4) is 0 Å². The van der Waals surface area contributed by atoms with E-state index >= 15 is 0 Å². The fourth-order valence-electron chi connectivity index (χ4n) is 5.86. The van der Waals surface area contributed by atoms with Crippen LogP contribution in [0, 0.1) is 5.92 Å². The largest absolute Gasteiger partial charge is 0.461 e. The third-order valence-corrected chi connectivity index (χ3v) is 8.34. The highest BCUT2D eigenvalue weighted by Gasteiger charge is 2.38. The van der Waals surface area contributed by atoms with Crippen molar-refractivity contribution in [3.05, 3.63) is 120 Å². The smallest absolute Gasteiger partial charge is 0.328 e. The van der Waals surface area contributed by atoms with Crippen LogP contribution in [-0.2, 0) is 48.4 Å². The average Bonchev–Trinajstić information content (AvgIpc) is 3.59.